The molecule has 0 radical (unpaired) electrons. The molecule has 0 aliphatic rings. The Hall–Kier alpha value is -1.14. The fraction of sp³-hybridized carbons (Fsp3) is 0.833. The first kappa shape index (κ1) is 16.9. The van der Waals surface area contributed by atoms with Crippen molar-refractivity contribution in [1.82, 2.24) is 10.2 Å². The van der Waals surface area contributed by atoms with Crippen molar-refractivity contribution in [3.63, 3.8) is 0 Å². The van der Waals surface area contributed by atoms with Crippen molar-refractivity contribution in [3.8, 4) is 0 Å². The Kier molecular flexibility index (Phi) is 9.22. The van der Waals surface area contributed by atoms with Crippen LogP contribution < -0.4 is 5.32 Å². The normalized spacial score (nSPS) is 12.3. The van der Waals surface area contributed by atoms with E-state index in [4.69, 9.17) is 4.74 Å². The zero-order valence-corrected chi connectivity index (χ0v) is 11.4. The Morgan fingerprint density at radius 3 is 2.56 bits per heavy atom. The predicted octanol–water partition coefficient (Wildman–Crippen LogP) is -0.241. The number of aliphatic hydroxyl groups excluding tert-OH is 1. The third-order valence-corrected chi connectivity index (χ3v) is 2.36. The second-order valence-electron chi connectivity index (χ2n) is 4.07. The molecule has 0 aliphatic carbocycles. The van der Waals surface area contributed by atoms with Crippen LogP contribution in [0.15, 0.2) is 0 Å². The minimum atomic E-state index is -0.805. The average molecular weight is 260 g/mol. The van der Waals surface area contributed by atoms with Crippen molar-refractivity contribution in [1.29, 1.82) is 0 Å². The highest BCUT2D eigenvalue weighted by Crippen LogP contribution is 2.00. The van der Waals surface area contributed by atoms with Gasteiger partial charge >= 0.3 is 5.97 Å². The maximum Gasteiger partial charge on any atom is 0.308 e. The summed E-state index contributed by atoms with van der Waals surface area (Å²) < 4.78 is 4.76. The first-order valence-corrected chi connectivity index (χ1v) is 6.30. The number of esters is 1. The van der Waals surface area contributed by atoms with Crippen molar-refractivity contribution in [2.75, 3.05) is 33.3 Å². The zero-order chi connectivity index (χ0) is 14.0. The Bertz CT molecular complexity index is 258. The molecule has 18 heavy (non-hydrogen) atoms. The standard InChI is InChI=1S/C12H24N2O4/c1-4-6-14(9-11(16)13-3)8-10(15)7-12(17)18-5-2/h10,15H,4-9H2,1-3H3,(H,13,16). The van der Waals surface area contributed by atoms with Gasteiger partial charge in [-0.3, -0.25) is 14.5 Å². The molecular formula is C12H24N2O4. The number of likely N-dealkylation sites (N-methyl/N-ethyl adjacent to an activating group) is 1. The van der Waals surface area contributed by atoms with Crippen LogP contribution in [0, 0.1) is 0 Å². The van der Waals surface area contributed by atoms with Gasteiger partial charge in [-0.25, -0.2) is 0 Å². The summed E-state index contributed by atoms with van der Waals surface area (Å²) in [6.45, 7) is 5.24. The molecule has 0 spiro atoms. The van der Waals surface area contributed by atoms with Crippen molar-refractivity contribution in [2.45, 2.75) is 32.8 Å². The predicted molar refractivity (Wildman–Crippen MR) is 68.1 cm³/mol. The number of nitrogens with zero attached hydrogens (tertiary/aromatic N) is 1. The van der Waals surface area contributed by atoms with Gasteiger partial charge in [-0.2, -0.15) is 0 Å². The van der Waals surface area contributed by atoms with Crippen LogP contribution in [-0.2, 0) is 14.3 Å². The van der Waals surface area contributed by atoms with E-state index in [9.17, 15) is 14.7 Å². The van der Waals surface area contributed by atoms with Crippen LogP contribution in [0.5, 0.6) is 0 Å². The fourth-order valence-corrected chi connectivity index (χ4v) is 1.61. The molecule has 0 saturated heterocycles. The summed E-state index contributed by atoms with van der Waals surface area (Å²) in [6.07, 6.45) is 0.0329. The summed E-state index contributed by atoms with van der Waals surface area (Å²) in [7, 11) is 1.57. The first-order chi connectivity index (χ1) is 8.53. The van der Waals surface area contributed by atoms with Crippen LogP contribution in [0.1, 0.15) is 26.7 Å². The van der Waals surface area contributed by atoms with Gasteiger partial charge < -0.3 is 15.2 Å². The molecule has 0 bridgehead atoms. The highest BCUT2D eigenvalue weighted by atomic mass is 16.5. The smallest absolute Gasteiger partial charge is 0.308 e. The number of hydrogen-bond donors (Lipinski definition) is 2. The molecule has 0 heterocycles. The molecule has 106 valence electrons. The quantitative estimate of drug-likeness (QED) is 0.559. The van der Waals surface area contributed by atoms with Crippen molar-refractivity contribution < 1.29 is 19.4 Å². The number of aliphatic hydroxyl groups is 1. The summed E-state index contributed by atoms with van der Waals surface area (Å²) in [5.41, 5.74) is 0. The molecule has 1 amide bonds. The summed E-state index contributed by atoms with van der Waals surface area (Å²) in [5, 5.41) is 12.3. The van der Waals surface area contributed by atoms with Gasteiger partial charge in [0.05, 0.1) is 25.7 Å². The summed E-state index contributed by atoms with van der Waals surface area (Å²) in [5.74, 6) is -0.520. The SMILES string of the molecule is CCCN(CC(=O)NC)CC(O)CC(=O)OCC. The van der Waals surface area contributed by atoms with Gasteiger partial charge in [0.2, 0.25) is 5.91 Å². The molecule has 0 aromatic heterocycles. The topological polar surface area (TPSA) is 78.9 Å². The van der Waals surface area contributed by atoms with Crippen molar-refractivity contribution >= 4 is 11.9 Å². The minimum Gasteiger partial charge on any atom is -0.466 e. The third-order valence-electron chi connectivity index (χ3n) is 2.36. The van der Waals surface area contributed by atoms with Gasteiger partial charge in [-0.1, -0.05) is 6.92 Å². The lowest BCUT2D eigenvalue weighted by Gasteiger charge is -2.23. The Labute approximate surface area is 108 Å². The van der Waals surface area contributed by atoms with Crippen LogP contribution in [-0.4, -0.2) is 61.3 Å². The fourth-order valence-electron chi connectivity index (χ4n) is 1.61. The molecule has 2 N–H and O–H groups in total. The molecule has 0 saturated carbocycles. The van der Waals surface area contributed by atoms with Crippen LogP contribution in [0.4, 0.5) is 0 Å². The lowest BCUT2D eigenvalue weighted by Crippen LogP contribution is -2.40. The Morgan fingerprint density at radius 2 is 2.06 bits per heavy atom. The molecule has 6 heteroatoms. The molecule has 1 atom stereocenters. The van der Waals surface area contributed by atoms with E-state index >= 15 is 0 Å². The van der Waals surface area contributed by atoms with E-state index < -0.39 is 12.1 Å². The largest absolute Gasteiger partial charge is 0.466 e. The Morgan fingerprint density at radius 1 is 1.39 bits per heavy atom. The number of carbonyl (C=O) groups is 2. The highest BCUT2D eigenvalue weighted by Gasteiger charge is 2.17. The summed E-state index contributed by atoms with van der Waals surface area (Å²) >= 11 is 0. The minimum absolute atomic E-state index is 0.0399. The lowest BCUT2D eigenvalue weighted by molar-refractivity contribution is -0.145. The molecule has 0 aromatic carbocycles. The number of rotatable bonds is 9. The van der Waals surface area contributed by atoms with Crippen LogP contribution in [0.2, 0.25) is 0 Å². The zero-order valence-electron chi connectivity index (χ0n) is 11.4. The molecule has 1 unspecified atom stereocenters. The monoisotopic (exact) mass is 260 g/mol. The molecule has 0 aliphatic heterocycles. The highest BCUT2D eigenvalue weighted by molar-refractivity contribution is 5.77. The van der Waals surface area contributed by atoms with E-state index in [0.717, 1.165) is 6.42 Å². The second-order valence-corrected chi connectivity index (χ2v) is 4.07. The molecule has 0 fully saturated rings. The van der Waals surface area contributed by atoms with Gasteiger partial charge in [-0.05, 0) is 19.9 Å². The van der Waals surface area contributed by atoms with Crippen molar-refractivity contribution in [2.24, 2.45) is 0 Å². The van der Waals surface area contributed by atoms with Gasteiger partial charge in [0.1, 0.15) is 0 Å². The first-order valence-electron chi connectivity index (χ1n) is 6.30. The molecule has 6 nitrogen and oxygen atoms in total. The van der Waals surface area contributed by atoms with E-state index in [2.05, 4.69) is 5.32 Å². The number of carbonyl (C=O) groups excluding carboxylic acids is 2. The second kappa shape index (κ2) is 9.85. The van der Waals surface area contributed by atoms with E-state index in [0.29, 0.717) is 19.7 Å². The maximum absolute atomic E-state index is 11.3. The number of amides is 1. The van der Waals surface area contributed by atoms with Crippen LogP contribution in [0.25, 0.3) is 0 Å². The third kappa shape index (κ3) is 8.03. The van der Waals surface area contributed by atoms with E-state index in [-0.39, 0.29) is 18.9 Å². The van der Waals surface area contributed by atoms with E-state index in [1.165, 1.54) is 0 Å². The number of nitrogens with one attached hydrogen (secondary N) is 1. The van der Waals surface area contributed by atoms with Gasteiger partial charge in [0.15, 0.2) is 0 Å². The molecule has 0 aromatic rings. The number of ether oxygens (including phenoxy) is 1. The number of hydrogen-bond acceptors (Lipinski definition) is 5. The lowest BCUT2D eigenvalue weighted by atomic mass is 10.2. The van der Waals surface area contributed by atoms with Crippen LogP contribution in [0.3, 0.4) is 0 Å². The summed E-state index contributed by atoms with van der Waals surface area (Å²) in [6, 6.07) is 0. The van der Waals surface area contributed by atoms with Gasteiger partial charge in [-0.15, -0.1) is 0 Å². The van der Waals surface area contributed by atoms with Gasteiger partial charge in [0, 0.05) is 13.6 Å². The van der Waals surface area contributed by atoms with Crippen LogP contribution >= 0.6 is 0 Å². The molecular weight excluding hydrogens is 236 g/mol. The average Bonchev–Trinajstić information content (AvgIpc) is 2.28. The van der Waals surface area contributed by atoms with E-state index in [1.54, 1.807) is 14.0 Å². The maximum atomic E-state index is 11.3. The summed E-state index contributed by atoms with van der Waals surface area (Å²) in [4.78, 5) is 24.3. The van der Waals surface area contributed by atoms with E-state index in [1.807, 2.05) is 11.8 Å². The van der Waals surface area contributed by atoms with Crippen molar-refractivity contribution in [3.05, 3.63) is 0 Å². The molecule has 0 rings (SSSR count). The van der Waals surface area contributed by atoms with Gasteiger partial charge in [0.25, 0.3) is 0 Å². The Balaban J connectivity index is 4.13.